The summed E-state index contributed by atoms with van der Waals surface area (Å²) in [5.74, 6) is 2.54. The van der Waals surface area contributed by atoms with Crippen molar-refractivity contribution in [2.24, 2.45) is 0 Å². The van der Waals surface area contributed by atoms with Crippen LogP contribution in [0.25, 0.3) is 0 Å². The normalized spacial score (nSPS) is 8.29. The van der Waals surface area contributed by atoms with Crippen LogP contribution in [0.3, 0.4) is 0 Å². The van der Waals surface area contributed by atoms with Crippen molar-refractivity contribution in [1.82, 2.24) is 4.90 Å². The Morgan fingerprint density at radius 3 is 2.14 bits per heavy atom. The van der Waals surface area contributed by atoms with Crippen LogP contribution in [0.4, 0.5) is 0 Å². The van der Waals surface area contributed by atoms with Crippen LogP contribution in [0.5, 0.6) is 0 Å². The van der Waals surface area contributed by atoms with Crippen LogP contribution in [0.15, 0.2) is 0 Å². The summed E-state index contributed by atoms with van der Waals surface area (Å²) in [5.41, 5.74) is 0. The van der Waals surface area contributed by atoms with E-state index in [0.29, 0.717) is 0 Å². The number of rotatable bonds is 1. The zero-order valence-corrected chi connectivity index (χ0v) is 7.37. The molecule has 0 aromatic carbocycles. The molecule has 38 valence electrons. The van der Waals surface area contributed by atoms with E-state index in [1.807, 2.05) is 19.0 Å². The van der Waals surface area contributed by atoms with E-state index in [0.717, 1.165) is 4.02 Å². The molecule has 0 fully saturated rings. The van der Waals surface area contributed by atoms with E-state index in [2.05, 4.69) is 5.92 Å². The van der Waals surface area contributed by atoms with Crippen LogP contribution in [0, 0.1) is 12.3 Å². The molecule has 0 amide bonds. The maximum absolute atomic E-state index is 5.07. The summed E-state index contributed by atoms with van der Waals surface area (Å²) in [7, 11) is 3.89. The summed E-state index contributed by atoms with van der Waals surface area (Å²) in [5, 5.41) is 0. The van der Waals surface area contributed by atoms with Crippen LogP contribution < -0.4 is 0 Å². The Kier molecular flexibility index (Phi) is 3.16. The topological polar surface area (TPSA) is 3.24 Å². The Morgan fingerprint density at radius 2 is 2.14 bits per heavy atom. The second-order valence-electron chi connectivity index (χ2n) is 1.34. The Bertz CT molecular complexity index is 110. The Hall–Kier alpha value is 0.0783. The van der Waals surface area contributed by atoms with E-state index in [4.69, 9.17) is 6.42 Å². The van der Waals surface area contributed by atoms with Gasteiger partial charge in [0.2, 0.25) is 0 Å². The molecule has 0 saturated heterocycles. The average Bonchev–Trinajstić information content (AvgIpc) is 1.65. The quantitative estimate of drug-likeness (QED) is 0.596. The van der Waals surface area contributed by atoms with Crippen molar-refractivity contribution in [3.8, 4) is 12.3 Å². The molecule has 0 rings (SSSR count). The van der Waals surface area contributed by atoms with Crippen molar-refractivity contribution in [3.05, 3.63) is 0 Å². The molecular formula is C5H7NW. The summed E-state index contributed by atoms with van der Waals surface area (Å²) in [6.07, 6.45) is 5.07. The molecule has 0 aliphatic heterocycles. The summed E-state index contributed by atoms with van der Waals surface area (Å²) < 4.78 is 1.04. The van der Waals surface area contributed by atoms with Crippen LogP contribution in [-0.2, 0) is 19.4 Å². The Labute approximate surface area is 55.1 Å². The van der Waals surface area contributed by atoms with E-state index in [1.165, 1.54) is 19.4 Å². The average molecular weight is 265 g/mol. The molecule has 0 spiro atoms. The molecule has 0 bridgehead atoms. The van der Waals surface area contributed by atoms with Crippen LogP contribution in [0.1, 0.15) is 0 Å². The number of hydrogen-bond donors (Lipinski definition) is 0. The van der Waals surface area contributed by atoms with Crippen LogP contribution in [-0.4, -0.2) is 23.0 Å². The number of nitrogens with zero attached hydrogens (tertiary/aromatic N) is 1. The Morgan fingerprint density at radius 1 is 1.71 bits per heavy atom. The molecule has 0 heterocycles. The van der Waals surface area contributed by atoms with Crippen molar-refractivity contribution in [1.29, 1.82) is 0 Å². The molecule has 0 saturated carbocycles. The fourth-order valence-corrected chi connectivity index (χ4v) is 0.129. The summed E-state index contributed by atoms with van der Waals surface area (Å²) >= 11 is 1.35. The monoisotopic (exact) mass is 265 g/mol. The second kappa shape index (κ2) is 3.13. The minimum atomic E-state index is 1.04. The predicted octanol–water partition coefficient (Wildman–Crippen LogP) is -0.142. The van der Waals surface area contributed by atoms with Gasteiger partial charge in [-0.15, -0.1) is 0 Å². The third-order valence-electron chi connectivity index (χ3n) is 0.530. The standard InChI is InChI=1S/C5H7N.W/c1-4-5-6(2)3;/h1H,2-3H3;. The minimum absolute atomic E-state index is 1.04. The van der Waals surface area contributed by atoms with Gasteiger partial charge in [0, 0.05) is 0 Å². The van der Waals surface area contributed by atoms with Crippen molar-refractivity contribution in [3.63, 3.8) is 0 Å². The first-order valence-electron chi connectivity index (χ1n) is 1.86. The first kappa shape index (κ1) is 7.08. The fraction of sp³-hybridized carbons (Fsp3) is 0.400. The second-order valence-corrected chi connectivity index (χ2v) is 2.73. The molecule has 0 radical (unpaired) electrons. The number of terminal acetylenes is 1. The third-order valence-corrected chi connectivity index (χ3v) is 2.26. The summed E-state index contributed by atoms with van der Waals surface area (Å²) in [6, 6.07) is 0. The van der Waals surface area contributed by atoms with Gasteiger partial charge in [-0.25, -0.2) is 0 Å². The van der Waals surface area contributed by atoms with Gasteiger partial charge in [0.25, 0.3) is 0 Å². The molecule has 0 aromatic rings. The van der Waals surface area contributed by atoms with Gasteiger partial charge in [-0.1, -0.05) is 0 Å². The van der Waals surface area contributed by atoms with Gasteiger partial charge in [0.1, 0.15) is 0 Å². The van der Waals surface area contributed by atoms with Crippen molar-refractivity contribution >= 4 is 4.02 Å². The SMILES string of the molecule is C#C[C](=[W])N(C)C. The molecule has 1 nitrogen and oxygen atoms in total. The number of hydrogen-bond acceptors (Lipinski definition) is 1. The summed E-state index contributed by atoms with van der Waals surface area (Å²) in [4.78, 5) is 1.94. The van der Waals surface area contributed by atoms with Gasteiger partial charge in [0.15, 0.2) is 0 Å². The molecule has 0 aliphatic rings. The molecular weight excluding hydrogens is 258 g/mol. The van der Waals surface area contributed by atoms with Crippen molar-refractivity contribution < 1.29 is 19.4 Å². The first-order chi connectivity index (χ1) is 3.18. The fourth-order valence-electron chi connectivity index (χ4n) is 0.129. The van der Waals surface area contributed by atoms with E-state index < -0.39 is 0 Å². The molecule has 0 atom stereocenters. The Balaban J connectivity index is 3.64. The van der Waals surface area contributed by atoms with Gasteiger partial charge in [-0.3, -0.25) is 0 Å². The van der Waals surface area contributed by atoms with Gasteiger partial charge in [0.05, 0.1) is 0 Å². The van der Waals surface area contributed by atoms with E-state index in [-0.39, 0.29) is 0 Å². The molecule has 0 unspecified atom stereocenters. The molecule has 0 aliphatic carbocycles. The molecule has 2 heteroatoms. The zero-order chi connectivity index (χ0) is 5.86. The summed E-state index contributed by atoms with van der Waals surface area (Å²) in [6.45, 7) is 0. The first-order valence-corrected chi connectivity index (χ1v) is 3.33. The van der Waals surface area contributed by atoms with Crippen molar-refractivity contribution in [2.75, 3.05) is 14.1 Å². The van der Waals surface area contributed by atoms with Crippen molar-refractivity contribution in [2.45, 2.75) is 0 Å². The molecule has 7 heavy (non-hydrogen) atoms. The van der Waals surface area contributed by atoms with Crippen LogP contribution >= 0.6 is 0 Å². The van der Waals surface area contributed by atoms with Gasteiger partial charge < -0.3 is 0 Å². The molecule has 0 N–H and O–H groups in total. The van der Waals surface area contributed by atoms with Gasteiger partial charge in [-0.2, -0.15) is 0 Å². The van der Waals surface area contributed by atoms with E-state index in [9.17, 15) is 0 Å². The van der Waals surface area contributed by atoms with Gasteiger partial charge >= 0.3 is 54.7 Å². The maximum atomic E-state index is 5.07. The molecule has 0 aromatic heterocycles. The van der Waals surface area contributed by atoms with E-state index >= 15 is 0 Å². The zero-order valence-electron chi connectivity index (χ0n) is 4.43. The van der Waals surface area contributed by atoms with Crippen LogP contribution in [0.2, 0.25) is 0 Å². The van der Waals surface area contributed by atoms with E-state index in [1.54, 1.807) is 0 Å². The third kappa shape index (κ3) is 2.74. The predicted molar refractivity (Wildman–Crippen MR) is 27.5 cm³/mol. The van der Waals surface area contributed by atoms with Gasteiger partial charge in [-0.05, 0) is 0 Å².